The Hall–Kier alpha value is -0.540. The number of fused-ring (bicyclic) bond motifs is 1. The van der Waals surface area contributed by atoms with Gasteiger partial charge in [-0.15, -0.1) is 23.1 Å². The standard InChI is InChI=1S/C8H7NS2/c1-10-6-3-2-4-7-8(6)9-5-11-7/h2-5H,1H3. The third-order valence-electron chi connectivity index (χ3n) is 1.54. The van der Waals surface area contributed by atoms with Crippen LogP contribution in [0, 0.1) is 0 Å². The van der Waals surface area contributed by atoms with Crippen LogP contribution in [0.4, 0.5) is 0 Å². The first kappa shape index (κ1) is 7.13. The molecule has 1 aromatic carbocycles. The number of benzene rings is 1. The van der Waals surface area contributed by atoms with Crippen LogP contribution in [0.15, 0.2) is 28.6 Å². The Kier molecular flexibility index (Phi) is 1.84. The van der Waals surface area contributed by atoms with Gasteiger partial charge in [-0.1, -0.05) is 6.07 Å². The fourth-order valence-corrected chi connectivity index (χ4v) is 2.36. The molecule has 0 N–H and O–H groups in total. The second kappa shape index (κ2) is 2.83. The molecule has 0 saturated heterocycles. The van der Waals surface area contributed by atoms with Crippen LogP contribution < -0.4 is 0 Å². The van der Waals surface area contributed by atoms with Gasteiger partial charge >= 0.3 is 0 Å². The molecule has 11 heavy (non-hydrogen) atoms. The molecular formula is C8H7NS2. The van der Waals surface area contributed by atoms with Crippen LogP contribution in [0.5, 0.6) is 0 Å². The molecule has 1 aromatic heterocycles. The summed E-state index contributed by atoms with van der Waals surface area (Å²) in [5.74, 6) is 0. The fraction of sp³-hybridized carbons (Fsp3) is 0.125. The van der Waals surface area contributed by atoms with Gasteiger partial charge in [-0.2, -0.15) is 0 Å². The normalized spacial score (nSPS) is 10.6. The Morgan fingerprint density at radius 2 is 2.36 bits per heavy atom. The minimum atomic E-state index is 1.14. The van der Waals surface area contributed by atoms with Crippen molar-refractivity contribution in [3.8, 4) is 0 Å². The molecule has 2 rings (SSSR count). The van der Waals surface area contributed by atoms with Crippen molar-refractivity contribution in [3.63, 3.8) is 0 Å². The maximum atomic E-state index is 4.29. The van der Waals surface area contributed by atoms with Crippen molar-refractivity contribution in [3.05, 3.63) is 23.7 Å². The summed E-state index contributed by atoms with van der Waals surface area (Å²) in [7, 11) is 0. The summed E-state index contributed by atoms with van der Waals surface area (Å²) < 4.78 is 1.27. The van der Waals surface area contributed by atoms with E-state index in [2.05, 4.69) is 29.4 Å². The van der Waals surface area contributed by atoms with Gasteiger partial charge in [0.1, 0.15) is 0 Å². The van der Waals surface area contributed by atoms with E-state index in [1.807, 2.05) is 5.51 Å². The summed E-state index contributed by atoms with van der Waals surface area (Å²) >= 11 is 3.44. The average Bonchev–Trinajstić information content (AvgIpc) is 2.50. The number of rotatable bonds is 1. The Morgan fingerprint density at radius 3 is 3.18 bits per heavy atom. The van der Waals surface area contributed by atoms with Gasteiger partial charge in [0.2, 0.25) is 0 Å². The van der Waals surface area contributed by atoms with Crippen molar-refractivity contribution in [2.45, 2.75) is 4.90 Å². The van der Waals surface area contributed by atoms with E-state index >= 15 is 0 Å². The minimum absolute atomic E-state index is 1.14. The molecule has 0 spiro atoms. The van der Waals surface area contributed by atoms with E-state index < -0.39 is 0 Å². The molecule has 0 aliphatic carbocycles. The number of para-hydroxylation sites is 1. The first-order valence-corrected chi connectivity index (χ1v) is 5.38. The summed E-state index contributed by atoms with van der Waals surface area (Å²) in [5, 5.41) is 0. The smallest absolute Gasteiger partial charge is 0.0947 e. The zero-order valence-electron chi connectivity index (χ0n) is 6.07. The second-order valence-corrected chi connectivity index (χ2v) is 3.89. The number of aromatic nitrogens is 1. The molecule has 1 heterocycles. The van der Waals surface area contributed by atoms with Crippen LogP contribution in [0.2, 0.25) is 0 Å². The first-order chi connectivity index (χ1) is 5.42. The number of hydrogen-bond acceptors (Lipinski definition) is 3. The van der Waals surface area contributed by atoms with E-state index in [1.54, 1.807) is 23.1 Å². The van der Waals surface area contributed by atoms with Gasteiger partial charge in [-0.05, 0) is 18.4 Å². The number of thiazole rings is 1. The molecule has 0 fully saturated rings. The number of nitrogens with zero attached hydrogens (tertiary/aromatic N) is 1. The largest absolute Gasteiger partial charge is 0.243 e. The molecule has 0 unspecified atom stereocenters. The fourth-order valence-electron chi connectivity index (χ4n) is 1.03. The van der Waals surface area contributed by atoms with E-state index in [0.29, 0.717) is 0 Å². The monoisotopic (exact) mass is 181 g/mol. The van der Waals surface area contributed by atoms with Crippen LogP contribution >= 0.6 is 23.1 Å². The van der Waals surface area contributed by atoms with Crippen LogP contribution in [0.3, 0.4) is 0 Å². The van der Waals surface area contributed by atoms with Gasteiger partial charge < -0.3 is 0 Å². The van der Waals surface area contributed by atoms with Crippen LogP contribution in [-0.2, 0) is 0 Å². The van der Waals surface area contributed by atoms with Gasteiger partial charge in [-0.25, -0.2) is 4.98 Å². The van der Waals surface area contributed by atoms with Crippen molar-refractivity contribution in [2.24, 2.45) is 0 Å². The van der Waals surface area contributed by atoms with Crippen LogP contribution in [0.1, 0.15) is 0 Å². The topological polar surface area (TPSA) is 12.9 Å². The predicted octanol–water partition coefficient (Wildman–Crippen LogP) is 3.02. The Labute approximate surface area is 73.5 Å². The van der Waals surface area contributed by atoms with Crippen LogP contribution in [0.25, 0.3) is 10.2 Å². The van der Waals surface area contributed by atoms with Crippen molar-refractivity contribution >= 4 is 33.3 Å². The van der Waals surface area contributed by atoms with Gasteiger partial charge in [-0.3, -0.25) is 0 Å². The van der Waals surface area contributed by atoms with Crippen molar-refractivity contribution in [1.82, 2.24) is 4.98 Å². The quantitative estimate of drug-likeness (QED) is 0.627. The Morgan fingerprint density at radius 1 is 1.45 bits per heavy atom. The molecule has 0 aliphatic heterocycles. The summed E-state index contributed by atoms with van der Waals surface area (Å²) in [5.41, 5.74) is 3.04. The minimum Gasteiger partial charge on any atom is -0.243 e. The highest BCUT2D eigenvalue weighted by atomic mass is 32.2. The summed E-state index contributed by atoms with van der Waals surface area (Å²) in [4.78, 5) is 5.55. The highest BCUT2D eigenvalue weighted by molar-refractivity contribution is 7.98. The van der Waals surface area contributed by atoms with E-state index in [4.69, 9.17) is 0 Å². The molecule has 0 atom stereocenters. The summed E-state index contributed by atoms with van der Waals surface area (Å²) in [6.07, 6.45) is 2.08. The number of thioether (sulfide) groups is 1. The molecule has 0 amide bonds. The third-order valence-corrected chi connectivity index (χ3v) is 3.11. The molecule has 56 valence electrons. The van der Waals surface area contributed by atoms with E-state index in [0.717, 1.165) is 5.52 Å². The van der Waals surface area contributed by atoms with E-state index in [1.165, 1.54) is 9.60 Å². The highest BCUT2D eigenvalue weighted by Gasteiger charge is 2.00. The van der Waals surface area contributed by atoms with Gasteiger partial charge in [0, 0.05) is 4.90 Å². The van der Waals surface area contributed by atoms with Gasteiger partial charge in [0.15, 0.2) is 0 Å². The van der Waals surface area contributed by atoms with Crippen molar-refractivity contribution < 1.29 is 0 Å². The van der Waals surface area contributed by atoms with E-state index in [9.17, 15) is 0 Å². The maximum absolute atomic E-state index is 4.29. The average molecular weight is 181 g/mol. The molecular weight excluding hydrogens is 174 g/mol. The Bertz CT molecular complexity index is 367. The highest BCUT2D eigenvalue weighted by Crippen LogP contribution is 2.26. The van der Waals surface area contributed by atoms with Crippen molar-refractivity contribution in [2.75, 3.05) is 6.26 Å². The van der Waals surface area contributed by atoms with E-state index in [-0.39, 0.29) is 0 Å². The lowest BCUT2D eigenvalue weighted by molar-refractivity contribution is 1.41. The molecule has 0 bridgehead atoms. The second-order valence-electron chi connectivity index (χ2n) is 2.16. The molecule has 0 saturated carbocycles. The summed E-state index contributed by atoms with van der Waals surface area (Å²) in [6.45, 7) is 0. The molecule has 2 aromatic rings. The van der Waals surface area contributed by atoms with Crippen LogP contribution in [-0.4, -0.2) is 11.2 Å². The zero-order valence-corrected chi connectivity index (χ0v) is 7.71. The maximum Gasteiger partial charge on any atom is 0.0947 e. The molecule has 0 radical (unpaired) electrons. The molecule has 0 aliphatic rings. The zero-order chi connectivity index (χ0) is 7.68. The SMILES string of the molecule is CSc1cccc2scnc12. The predicted molar refractivity (Wildman–Crippen MR) is 51.4 cm³/mol. The lowest BCUT2D eigenvalue weighted by Gasteiger charge is -1.94. The lowest BCUT2D eigenvalue weighted by atomic mass is 10.3. The van der Waals surface area contributed by atoms with Gasteiger partial charge in [0.25, 0.3) is 0 Å². The molecule has 3 heteroatoms. The summed E-state index contributed by atoms with van der Waals surface area (Å²) in [6, 6.07) is 6.28. The Balaban J connectivity index is 2.79. The van der Waals surface area contributed by atoms with Crippen molar-refractivity contribution in [1.29, 1.82) is 0 Å². The number of hydrogen-bond donors (Lipinski definition) is 0. The first-order valence-electron chi connectivity index (χ1n) is 3.28. The lowest BCUT2D eigenvalue weighted by Crippen LogP contribution is -1.71. The third kappa shape index (κ3) is 1.14. The van der Waals surface area contributed by atoms with Gasteiger partial charge in [0.05, 0.1) is 15.7 Å². The molecule has 1 nitrogen and oxygen atoms in total.